The van der Waals surface area contributed by atoms with Gasteiger partial charge in [-0.15, -0.1) is 0 Å². The zero-order valence-corrected chi connectivity index (χ0v) is 11.4. The number of nitrogens with one attached hydrogen (secondary N) is 1. The minimum atomic E-state index is -0.301. The molecule has 1 aromatic rings. The lowest BCUT2D eigenvalue weighted by Gasteiger charge is -2.24. The van der Waals surface area contributed by atoms with Gasteiger partial charge in [-0.3, -0.25) is 0 Å². The maximum Gasteiger partial charge on any atom is 0.141 e. The van der Waals surface area contributed by atoms with Gasteiger partial charge in [-0.25, -0.2) is 9.37 Å². The van der Waals surface area contributed by atoms with Gasteiger partial charge in [0.25, 0.3) is 0 Å². The Kier molecular flexibility index (Phi) is 6.60. The fourth-order valence-electron chi connectivity index (χ4n) is 1.81. The van der Waals surface area contributed by atoms with Crippen LogP contribution in [0.2, 0.25) is 0 Å². The van der Waals surface area contributed by atoms with Crippen molar-refractivity contribution in [1.82, 2.24) is 10.3 Å². The molecule has 0 radical (unpaired) electrons. The summed E-state index contributed by atoms with van der Waals surface area (Å²) in [6, 6.07) is 1.53. The van der Waals surface area contributed by atoms with Crippen LogP contribution < -0.4 is 10.2 Å². The first kappa shape index (κ1) is 14.9. The van der Waals surface area contributed by atoms with Gasteiger partial charge in [0.05, 0.1) is 12.8 Å². The number of nitrogens with zero attached hydrogens (tertiary/aromatic N) is 2. The summed E-state index contributed by atoms with van der Waals surface area (Å²) in [5.74, 6) is 0.526. The van der Waals surface area contributed by atoms with Gasteiger partial charge in [0, 0.05) is 31.8 Å². The van der Waals surface area contributed by atoms with Gasteiger partial charge < -0.3 is 15.0 Å². The van der Waals surface area contributed by atoms with Crippen LogP contribution in [0.25, 0.3) is 0 Å². The van der Waals surface area contributed by atoms with E-state index in [2.05, 4.69) is 22.1 Å². The molecular formula is C13H22FN3O. The molecule has 0 bridgehead atoms. The Labute approximate surface area is 108 Å². The van der Waals surface area contributed by atoms with E-state index in [0.717, 1.165) is 24.5 Å². The smallest absolute Gasteiger partial charge is 0.141 e. The van der Waals surface area contributed by atoms with Crippen LogP contribution in [0.5, 0.6) is 0 Å². The molecule has 0 fully saturated rings. The predicted molar refractivity (Wildman–Crippen MR) is 71.3 cm³/mol. The van der Waals surface area contributed by atoms with E-state index in [9.17, 15) is 4.39 Å². The van der Waals surface area contributed by atoms with Crippen LogP contribution >= 0.6 is 0 Å². The van der Waals surface area contributed by atoms with E-state index >= 15 is 0 Å². The maximum atomic E-state index is 13.2. The van der Waals surface area contributed by atoms with Crippen molar-refractivity contribution in [2.24, 2.45) is 0 Å². The maximum absolute atomic E-state index is 13.2. The fourth-order valence-corrected chi connectivity index (χ4v) is 1.81. The lowest BCUT2D eigenvalue weighted by molar-refractivity contribution is 0.154. The summed E-state index contributed by atoms with van der Waals surface area (Å²) in [6.07, 6.45) is 1.26. The molecule has 0 aliphatic carbocycles. The summed E-state index contributed by atoms with van der Waals surface area (Å²) < 4.78 is 18.6. The number of ether oxygens (including phenoxy) is 1. The van der Waals surface area contributed by atoms with Crippen molar-refractivity contribution in [3.63, 3.8) is 0 Å². The van der Waals surface area contributed by atoms with E-state index < -0.39 is 0 Å². The monoisotopic (exact) mass is 255 g/mol. The number of rotatable bonds is 8. The third-order valence-corrected chi connectivity index (χ3v) is 2.67. The van der Waals surface area contributed by atoms with Crippen LogP contribution in [0.3, 0.4) is 0 Å². The van der Waals surface area contributed by atoms with Crippen molar-refractivity contribution < 1.29 is 9.13 Å². The molecule has 0 aliphatic heterocycles. The van der Waals surface area contributed by atoms with Crippen LogP contribution in [0.1, 0.15) is 19.4 Å². The molecule has 18 heavy (non-hydrogen) atoms. The number of halogens is 1. The van der Waals surface area contributed by atoms with Gasteiger partial charge in [0.15, 0.2) is 0 Å². The molecule has 0 aromatic carbocycles. The third kappa shape index (κ3) is 4.23. The van der Waals surface area contributed by atoms with E-state index in [1.54, 1.807) is 0 Å². The molecule has 0 saturated carbocycles. The van der Waals surface area contributed by atoms with E-state index in [1.165, 1.54) is 12.3 Å². The molecule has 102 valence electrons. The second-order valence-corrected chi connectivity index (χ2v) is 3.94. The van der Waals surface area contributed by atoms with Crippen LogP contribution in [0.15, 0.2) is 12.3 Å². The lowest BCUT2D eigenvalue weighted by Crippen LogP contribution is -2.29. The molecule has 1 heterocycles. The Morgan fingerprint density at radius 2 is 2.22 bits per heavy atom. The zero-order chi connectivity index (χ0) is 13.4. The van der Waals surface area contributed by atoms with Crippen molar-refractivity contribution in [1.29, 1.82) is 0 Å². The number of anilines is 1. The van der Waals surface area contributed by atoms with Crippen molar-refractivity contribution >= 4 is 5.82 Å². The van der Waals surface area contributed by atoms with E-state index in [-0.39, 0.29) is 5.82 Å². The summed E-state index contributed by atoms with van der Waals surface area (Å²) in [5.41, 5.74) is 0.871. The van der Waals surface area contributed by atoms with Crippen molar-refractivity contribution in [2.75, 3.05) is 38.3 Å². The van der Waals surface area contributed by atoms with Crippen molar-refractivity contribution in [3.05, 3.63) is 23.6 Å². The number of likely N-dealkylation sites (N-methyl/N-ethyl adjacent to an activating group) is 1. The molecule has 0 aliphatic rings. The van der Waals surface area contributed by atoms with E-state index in [0.29, 0.717) is 19.8 Å². The van der Waals surface area contributed by atoms with Gasteiger partial charge in [0.2, 0.25) is 0 Å². The van der Waals surface area contributed by atoms with Gasteiger partial charge in [0.1, 0.15) is 11.6 Å². The topological polar surface area (TPSA) is 37.4 Å². The highest BCUT2D eigenvalue weighted by Gasteiger charge is 2.12. The summed E-state index contributed by atoms with van der Waals surface area (Å²) in [5, 5.41) is 3.03. The SMILES string of the molecule is CCOCCN(CC)c1ncc(F)cc1CNC. The van der Waals surface area contributed by atoms with Gasteiger partial charge in [-0.1, -0.05) is 0 Å². The Hall–Kier alpha value is -1.20. The van der Waals surface area contributed by atoms with Crippen LogP contribution in [-0.4, -0.2) is 38.3 Å². The number of pyridine rings is 1. The molecule has 0 spiro atoms. The summed E-state index contributed by atoms with van der Waals surface area (Å²) in [4.78, 5) is 6.30. The summed E-state index contributed by atoms with van der Waals surface area (Å²) in [6.45, 7) is 7.58. The largest absolute Gasteiger partial charge is 0.380 e. The highest BCUT2D eigenvalue weighted by Crippen LogP contribution is 2.18. The lowest BCUT2D eigenvalue weighted by atomic mass is 10.2. The fraction of sp³-hybridized carbons (Fsp3) is 0.615. The minimum absolute atomic E-state index is 0.301. The van der Waals surface area contributed by atoms with Crippen LogP contribution in [-0.2, 0) is 11.3 Å². The molecule has 4 nitrogen and oxygen atoms in total. The summed E-state index contributed by atoms with van der Waals surface area (Å²) in [7, 11) is 1.84. The average Bonchev–Trinajstić information content (AvgIpc) is 2.36. The first-order valence-corrected chi connectivity index (χ1v) is 6.34. The quantitative estimate of drug-likeness (QED) is 0.719. The van der Waals surface area contributed by atoms with E-state index in [4.69, 9.17) is 4.74 Å². The first-order chi connectivity index (χ1) is 8.72. The van der Waals surface area contributed by atoms with Crippen LogP contribution in [0.4, 0.5) is 10.2 Å². The second-order valence-electron chi connectivity index (χ2n) is 3.94. The van der Waals surface area contributed by atoms with Gasteiger partial charge >= 0.3 is 0 Å². The molecular weight excluding hydrogens is 233 g/mol. The Morgan fingerprint density at radius 1 is 1.44 bits per heavy atom. The van der Waals surface area contributed by atoms with E-state index in [1.807, 2.05) is 14.0 Å². The minimum Gasteiger partial charge on any atom is -0.380 e. The molecule has 1 N–H and O–H groups in total. The van der Waals surface area contributed by atoms with Crippen molar-refractivity contribution in [2.45, 2.75) is 20.4 Å². The van der Waals surface area contributed by atoms with Gasteiger partial charge in [-0.05, 0) is 27.0 Å². The molecule has 5 heteroatoms. The molecule has 1 rings (SSSR count). The number of aromatic nitrogens is 1. The standard InChI is InChI=1S/C13H22FN3O/c1-4-17(6-7-18-5-2)13-11(9-15-3)8-12(14)10-16-13/h8,10,15H,4-7,9H2,1-3H3. The first-order valence-electron chi connectivity index (χ1n) is 6.34. The highest BCUT2D eigenvalue weighted by molar-refractivity contribution is 5.46. The molecule has 1 aromatic heterocycles. The zero-order valence-electron chi connectivity index (χ0n) is 11.4. The number of hydrogen-bond acceptors (Lipinski definition) is 4. The van der Waals surface area contributed by atoms with Crippen molar-refractivity contribution in [3.8, 4) is 0 Å². The third-order valence-electron chi connectivity index (χ3n) is 2.67. The van der Waals surface area contributed by atoms with Gasteiger partial charge in [-0.2, -0.15) is 0 Å². The molecule has 0 atom stereocenters. The predicted octanol–water partition coefficient (Wildman–Crippen LogP) is 1.80. The Bertz CT molecular complexity index is 360. The molecule has 0 unspecified atom stereocenters. The number of hydrogen-bond donors (Lipinski definition) is 1. The molecule has 0 saturated heterocycles. The molecule has 0 amide bonds. The van der Waals surface area contributed by atoms with Crippen LogP contribution in [0, 0.1) is 5.82 Å². The Balaban J connectivity index is 2.82. The summed E-state index contributed by atoms with van der Waals surface area (Å²) >= 11 is 0. The highest BCUT2D eigenvalue weighted by atomic mass is 19.1. The Morgan fingerprint density at radius 3 is 2.83 bits per heavy atom. The average molecular weight is 255 g/mol. The normalized spacial score (nSPS) is 10.7. The second kappa shape index (κ2) is 8.00.